The second-order valence-corrected chi connectivity index (χ2v) is 4.33. The van der Waals surface area contributed by atoms with Gasteiger partial charge in [0.2, 0.25) is 5.91 Å². The number of amides is 1. The monoisotopic (exact) mass is 214 g/mol. The first-order valence-corrected chi connectivity index (χ1v) is 5.70. The molecule has 1 amide bonds. The van der Waals surface area contributed by atoms with E-state index < -0.39 is 0 Å². The maximum atomic E-state index is 11.5. The third-order valence-corrected chi connectivity index (χ3v) is 2.74. The summed E-state index contributed by atoms with van der Waals surface area (Å²) in [7, 11) is 1.64. The molecule has 1 aliphatic rings. The van der Waals surface area contributed by atoms with Crippen LogP contribution in [-0.2, 0) is 9.53 Å². The highest BCUT2D eigenvalue weighted by atomic mass is 16.5. The summed E-state index contributed by atoms with van der Waals surface area (Å²) in [5.41, 5.74) is 0. The predicted molar refractivity (Wildman–Crippen MR) is 59.7 cm³/mol. The Morgan fingerprint density at radius 1 is 1.60 bits per heavy atom. The summed E-state index contributed by atoms with van der Waals surface area (Å²) in [6, 6.07) is 0. The van der Waals surface area contributed by atoms with Gasteiger partial charge in [-0.1, -0.05) is 6.92 Å². The molecule has 15 heavy (non-hydrogen) atoms. The van der Waals surface area contributed by atoms with Crippen molar-refractivity contribution in [1.29, 1.82) is 0 Å². The second-order valence-electron chi connectivity index (χ2n) is 4.33. The Morgan fingerprint density at radius 3 is 3.07 bits per heavy atom. The maximum Gasteiger partial charge on any atom is 0.234 e. The van der Waals surface area contributed by atoms with E-state index in [0.717, 1.165) is 19.0 Å². The van der Waals surface area contributed by atoms with Crippen molar-refractivity contribution in [1.82, 2.24) is 10.2 Å². The van der Waals surface area contributed by atoms with Crippen LogP contribution in [0.15, 0.2) is 0 Å². The minimum atomic E-state index is 0.112. The zero-order valence-electron chi connectivity index (χ0n) is 9.79. The minimum Gasteiger partial charge on any atom is -0.383 e. The smallest absolute Gasteiger partial charge is 0.234 e. The molecular weight excluding hydrogens is 192 g/mol. The van der Waals surface area contributed by atoms with Crippen LogP contribution < -0.4 is 5.32 Å². The molecular formula is C11H22N2O2. The number of piperidine rings is 1. The molecule has 0 saturated carbocycles. The van der Waals surface area contributed by atoms with Crippen LogP contribution in [0.25, 0.3) is 0 Å². The van der Waals surface area contributed by atoms with Gasteiger partial charge in [-0.2, -0.15) is 0 Å². The molecule has 0 aromatic heterocycles. The lowest BCUT2D eigenvalue weighted by molar-refractivity contribution is -0.122. The third-order valence-electron chi connectivity index (χ3n) is 2.74. The van der Waals surface area contributed by atoms with Gasteiger partial charge in [0.25, 0.3) is 0 Å². The molecule has 1 aliphatic heterocycles. The van der Waals surface area contributed by atoms with Crippen molar-refractivity contribution in [3.8, 4) is 0 Å². The van der Waals surface area contributed by atoms with Crippen LogP contribution in [0.5, 0.6) is 0 Å². The number of carbonyl (C=O) groups excluding carboxylic acids is 1. The highest BCUT2D eigenvalue weighted by molar-refractivity contribution is 5.77. The Bertz CT molecular complexity index is 197. The van der Waals surface area contributed by atoms with Gasteiger partial charge in [-0.15, -0.1) is 0 Å². The molecule has 4 nitrogen and oxygen atoms in total. The lowest BCUT2D eigenvalue weighted by Gasteiger charge is -2.30. The molecule has 0 unspecified atom stereocenters. The van der Waals surface area contributed by atoms with Crippen LogP contribution in [0.2, 0.25) is 0 Å². The fraction of sp³-hybridized carbons (Fsp3) is 0.909. The largest absolute Gasteiger partial charge is 0.383 e. The van der Waals surface area contributed by atoms with Gasteiger partial charge in [0.15, 0.2) is 0 Å². The van der Waals surface area contributed by atoms with Gasteiger partial charge in [0, 0.05) is 20.2 Å². The minimum absolute atomic E-state index is 0.112. The predicted octanol–water partition coefficient (Wildman–Crippen LogP) is 0.481. The van der Waals surface area contributed by atoms with Crippen LogP contribution in [0.1, 0.15) is 19.8 Å². The highest BCUT2D eigenvalue weighted by Crippen LogP contribution is 2.14. The third kappa shape index (κ3) is 5.14. The molecule has 4 heteroatoms. The second kappa shape index (κ2) is 6.80. The number of methoxy groups -OCH3 is 1. The van der Waals surface area contributed by atoms with E-state index in [2.05, 4.69) is 17.1 Å². The van der Waals surface area contributed by atoms with E-state index in [1.807, 2.05) is 0 Å². The van der Waals surface area contributed by atoms with Crippen LogP contribution in [0, 0.1) is 5.92 Å². The van der Waals surface area contributed by atoms with Crippen molar-refractivity contribution < 1.29 is 9.53 Å². The van der Waals surface area contributed by atoms with Gasteiger partial charge in [-0.3, -0.25) is 9.69 Å². The van der Waals surface area contributed by atoms with Gasteiger partial charge < -0.3 is 10.1 Å². The lowest BCUT2D eigenvalue weighted by atomic mass is 10.0. The quantitative estimate of drug-likeness (QED) is 0.677. The van der Waals surface area contributed by atoms with Crippen molar-refractivity contribution in [2.24, 2.45) is 5.92 Å². The van der Waals surface area contributed by atoms with E-state index >= 15 is 0 Å². The molecule has 0 aromatic carbocycles. The summed E-state index contributed by atoms with van der Waals surface area (Å²) in [6.45, 7) is 6.09. The van der Waals surface area contributed by atoms with E-state index in [1.165, 1.54) is 12.8 Å². The number of carbonyl (C=O) groups is 1. The molecule has 0 radical (unpaired) electrons. The molecule has 0 aromatic rings. The first-order valence-electron chi connectivity index (χ1n) is 5.70. The Labute approximate surface area is 92.0 Å². The summed E-state index contributed by atoms with van der Waals surface area (Å²) in [5, 5.41) is 2.84. The number of ether oxygens (including phenoxy) is 1. The zero-order chi connectivity index (χ0) is 11.1. The van der Waals surface area contributed by atoms with Gasteiger partial charge in [-0.25, -0.2) is 0 Å². The summed E-state index contributed by atoms with van der Waals surface area (Å²) < 4.78 is 4.87. The van der Waals surface area contributed by atoms with Crippen LogP contribution >= 0.6 is 0 Å². The van der Waals surface area contributed by atoms with Gasteiger partial charge in [0.1, 0.15) is 0 Å². The average Bonchev–Trinajstić information content (AvgIpc) is 2.18. The van der Waals surface area contributed by atoms with E-state index in [-0.39, 0.29) is 5.91 Å². The normalized spacial score (nSPS) is 22.7. The van der Waals surface area contributed by atoms with Crippen molar-refractivity contribution in [2.45, 2.75) is 19.8 Å². The van der Waals surface area contributed by atoms with E-state index in [4.69, 9.17) is 4.74 Å². The molecule has 0 aliphatic carbocycles. The average molecular weight is 214 g/mol. The van der Waals surface area contributed by atoms with Crippen molar-refractivity contribution in [3.05, 3.63) is 0 Å². The summed E-state index contributed by atoms with van der Waals surface area (Å²) in [6.07, 6.45) is 2.51. The lowest BCUT2D eigenvalue weighted by Crippen LogP contribution is -2.42. The standard InChI is InChI=1S/C11H22N2O2/c1-10-4-3-6-13(8-10)9-11(14)12-5-7-15-2/h10H,3-9H2,1-2H3,(H,12,14)/t10-/m0/s1. The number of nitrogens with one attached hydrogen (secondary N) is 1. The number of nitrogens with zero attached hydrogens (tertiary/aromatic N) is 1. The molecule has 0 bridgehead atoms. The van der Waals surface area contributed by atoms with E-state index in [1.54, 1.807) is 7.11 Å². The molecule has 1 fully saturated rings. The topological polar surface area (TPSA) is 41.6 Å². The molecule has 1 N–H and O–H groups in total. The molecule has 1 saturated heterocycles. The number of hydrogen-bond acceptors (Lipinski definition) is 3. The number of likely N-dealkylation sites (tertiary alicyclic amines) is 1. The highest BCUT2D eigenvalue weighted by Gasteiger charge is 2.17. The Hall–Kier alpha value is -0.610. The molecule has 0 spiro atoms. The van der Waals surface area contributed by atoms with E-state index in [9.17, 15) is 4.79 Å². The number of hydrogen-bond donors (Lipinski definition) is 1. The SMILES string of the molecule is COCCNC(=O)CN1CCC[C@H](C)C1. The molecule has 1 atom stereocenters. The Balaban J connectivity index is 2.13. The summed E-state index contributed by atoms with van der Waals surface area (Å²) >= 11 is 0. The van der Waals surface area contributed by atoms with Gasteiger partial charge in [0.05, 0.1) is 13.2 Å². The Kier molecular flexibility index (Phi) is 5.65. The fourth-order valence-corrected chi connectivity index (χ4v) is 1.98. The fourth-order valence-electron chi connectivity index (χ4n) is 1.98. The Morgan fingerprint density at radius 2 is 2.40 bits per heavy atom. The van der Waals surface area contributed by atoms with Crippen molar-refractivity contribution in [3.63, 3.8) is 0 Å². The molecule has 1 heterocycles. The first-order chi connectivity index (χ1) is 7.22. The van der Waals surface area contributed by atoms with Gasteiger partial charge >= 0.3 is 0 Å². The molecule has 88 valence electrons. The van der Waals surface area contributed by atoms with Crippen LogP contribution in [0.4, 0.5) is 0 Å². The maximum absolute atomic E-state index is 11.5. The van der Waals surface area contributed by atoms with Crippen LogP contribution in [-0.4, -0.2) is 50.7 Å². The van der Waals surface area contributed by atoms with Crippen molar-refractivity contribution in [2.75, 3.05) is 39.9 Å². The first kappa shape index (κ1) is 12.5. The van der Waals surface area contributed by atoms with Crippen LogP contribution in [0.3, 0.4) is 0 Å². The van der Waals surface area contributed by atoms with Crippen molar-refractivity contribution >= 4 is 5.91 Å². The zero-order valence-corrected chi connectivity index (χ0v) is 9.79. The number of rotatable bonds is 5. The summed E-state index contributed by atoms with van der Waals surface area (Å²) in [5.74, 6) is 0.840. The van der Waals surface area contributed by atoms with E-state index in [0.29, 0.717) is 19.7 Å². The summed E-state index contributed by atoms with van der Waals surface area (Å²) in [4.78, 5) is 13.7. The van der Waals surface area contributed by atoms with Gasteiger partial charge in [-0.05, 0) is 25.3 Å². The molecule has 1 rings (SSSR count).